The molecule has 2 atom stereocenters. The molecule has 2 saturated carbocycles. The SMILES string of the molecule is COc1cc(OCC(=O)OC2CCC(Cc3cccc(C4(C(=O)O[C@H]5CN6CCC5CC6)CCCCC4)c3)CC2)c(Cl)cc1CNCC(O[Si](C)(C)C(C)(C)C)c1ccc(O)c2[nH]c(=O)ccc12. The summed E-state index contributed by atoms with van der Waals surface area (Å²) >= 11 is 6.76. The van der Waals surface area contributed by atoms with Crippen molar-refractivity contribution in [2.75, 3.05) is 39.9 Å². The van der Waals surface area contributed by atoms with Crippen molar-refractivity contribution in [2.24, 2.45) is 11.8 Å². The van der Waals surface area contributed by atoms with Crippen molar-refractivity contribution in [2.45, 2.75) is 146 Å². The zero-order chi connectivity index (χ0) is 48.2. The van der Waals surface area contributed by atoms with Crippen LogP contribution in [0.25, 0.3) is 10.9 Å². The van der Waals surface area contributed by atoms with Gasteiger partial charge in [-0.25, -0.2) is 4.79 Å². The highest BCUT2D eigenvalue weighted by Gasteiger charge is 2.46. The molecule has 12 nitrogen and oxygen atoms in total. The number of methoxy groups -OCH3 is 1. The number of aromatic amines is 1. The van der Waals surface area contributed by atoms with Gasteiger partial charge in [-0.3, -0.25) is 14.5 Å². The minimum atomic E-state index is -2.28. The molecule has 3 aliphatic heterocycles. The Balaban J connectivity index is 0.830. The minimum Gasteiger partial charge on any atom is -0.506 e. The molecule has 5 aliphatic rings. The molecule has 2 bridgehead atoms. The summed E-state index contributed by atoms with van der Waals surface area (Å²) in [5, 5.41) is 15.1. The quantitative estimate of drug-likeness (QED) is 0.0686. The number of H-pyrrole nitrogens is 1. The summed E-state index contributed by atoms with van der Waals surface area (Å²) in [6.07, 6.45) is 11.0. The van der Waals surface area contributed by atoms with Gasteiger partial charge in [0.25, 0.3) is 0 Å². The van der Waals surface area contributed by atoms with E-state index in [0.29, 0.717) is 52.3 Å². The van der Waals surface area contributed by atoms with Crippen molar-refractivity contribution in [3.8, 4) is 17.2 Å². The van der Waals surface area contributed by atoms with E-state index in [1.54, 1.807) is 31.4 Å². The maximum atomic E-state index is 14.1. The van der Waals surface area contributed by atoms with E-state index in [1.807, 2.05) is 6.07 Å². The number of carbonyl (C=O) groups is 2. The number of rotatable bonds is 17. The third-order valence-electron chi connectivity index (χ3n) is 15.9. The molecule has 1 aromatic heterocycles. The van der Waals surface area contributed by atoms with E-state index < -0.39 is 25.8 Å². The van der Waals surface area contributed by atoms with Gasteiger partial charge in [-0.05, 0) is 136 Å². The summed E-state index contributed by atoms with van der Waals surface area (Å²) in [6, 6.07) is 18.8. The van der Waals surface area contributed by atoms with Gasteiger partial charge in [0.1, 0.15) is 29.5 Å². The van der Waals surface area contributed by atoms with Crippen LogP contribution in [-0.2, 0) is 41.9 Å². The van der Waals surface area contributed by atoms with Crippen molar-refractivity contribution in [1.82, 2.24) is 15.2 Å². The van der Waals surface area contributed by atoms with Crippen LogP contribution in [0.2, 0.25) is 23.2 Å². The number of hydrogen-bond donors (Lipinski definition) is 3. The number of esters is 2. The van der Waals surface area contributed by atoms with Crippen molar-refractivity contribution < 1.29 is 38.1 Å². The van der Waals surface area contributed by atoms with E-state index in [-0.39, 0.29) is 41.1 Å². The molecule has 14 heteroatoms. The number of phenolic OH excluding ortho intramolecular Hbond substituents is 1. The predicted molar refractivity (Wildman–Crippen MR) is 268 cm³/mol. The number of phenols is 1. The highest BCUT2D eigenvalue weighted by Crippen LogP contribution is 2.44. The second-order valence-electron chi connectivity index (χ2n) is 21.4. The molecule has 3 N–H and O–H groups in total. The van der Waals surface area contributed by atoms with Gasteiger partial charge in [0.2, 0.25) is 5.56 Å². The molecule has 3 aromatic carbocycles. The number of carbonyl (C=O) groups excluding carboxylic acids is 2. The zero-order valence-electron chi connectivity index (χ0n) is 40.9. The number of benzene rings is 3. The van der Waals surface area contributed by atoms with Crippen LogP contribution in [0.4, 0.5) is 0 Å². The lowest BCUT2D eigenvalue weighted by Crippen LogP contribution is -2.53. The highest BCUT2D eigenvalue weighted by atomic mass is 35.5. The Morgan fingerprint density at radius 2 is 1.69 bits per heavy atom. The molecule has 3 saturated heterocycles. The van der Waals surface area contributed by atoms with Gasteiger partial charge in [-0.1, -0.05) is 82.0 Å². The fourth-order valence-corrected chi connectivity index (χ4v) is 12.4. The second kappa shape index (κ2) is 21.3. The van der Waals surface area contributed by atoms with Gasteiger partial charge < -0.3 is 38.8 Å². The maximum absolute atomic E-state index is 14.1. The first-order valence-electron chi connectivity index (χ1n) is 25.0. The number of aromatic hydroxyl groups is 1. The summed E-state index contributed by atoms with van der Waals surface area (Å²) in [5.74, 6) is 1.36. The molecule has 68 heavy (non-hydrogen) atoms. The summed E-state index contributed by atoms with van der Waals surface area (Å²) in [6.45, 7) is 14.6. The third kappa shape index (κ3) is 11.4. The van der Waals surface area contributed by atoms with E-state index in [9.17, 15) is 19.5 Å². The Morgan fingerprint density at radius 1 is 0.941 bits per heavy atom. The first kappa shape index (κ1) is 50.0. The number of halogens is 1. The van der Waals surface area contributed by atoms with Gasteiger partial charge in [-0.2, -0.15) is 0 Å². The lowest BCUT2D eigenvalue weighted by Gasteiger charge is -2.45. The standard InChI is InChI=1S/C54H72ClN3O9Si/c1-53(2,3)68(5,6)67-47(41-17-19-44(59)51-42(41)18-20-49(60)57-51)32-56-31-38-29-43(55)46(30-45(38)63-4)64-34-50(61)65-40-15-13-35(14-16-40)27-36-11-10-12-39(28-36)54(23-8-7-9-24-54)52(62)66-48-33-58-25-21-37(48)22-26-58/h10-12,17-20,28-30,35,37,40,47-48,56,59H,7-9,13-16,21-27,31-34H2,1-6H3,(H,57,60)/t35?,40?,47?,48-/m0/s1. The number of fused-ring (bicyclic) bond motifs is 4. The number of ether oxygens (including phenoxy) is 4. The summed E-state index contributed by atoms with van der Waals surface area (Å²) in [7, 11) is -0.706. The van der Waals surface area contributed by atoms with Crippen molar-refractivity contribution in [3.05, 3.63) is 98.3 Å². The molecule has 0 spiro atoms. The lowest BCUT2D eigenvalue weighted by atomic mass is 9.68. The van der Waals surface area contributed by atoms with Crippen LogP contribution >= 0.6 is 11.6 Å². The normalized spacial score (nSPS) is 23.2. The lowest BCUT2D eigenvalue weighted by molar-refractivity contribution is -0.167. The predicted octanol–water partition coefficient (Wildman–Crippen LogP) is 10.3. The molecule has 2 aliphatic carbocycles. The fourth-order valence-electron chi connectivity index (χ4n) is 10.8. The molecular formula is C54H72ClN3O9Si. The monoisotopic (exact) mass is 969 g/mol. The van der Waals surface area contributed by atoms with Crippen molar-refractivity contribution >= 4 is 42.8 Å². The number of aromatic nitrogens is 1. The summed E-state index contributed by atoms with van der Waals surface area (Å²) in [4.78, 5) is 44.6. The van der Waals surface area contributed by atoms with Gasteiger partial charge in [0, 0.05) is 42.7 Å². The van der Waals surface area contributed by atoms with Crippen LogP contribution in [0.15, 0.2) is 65.5 Å². The molecule has 4 heterocycles. The summed E-state index contributed by atoms with van der Waals surface area (Å²) in [5.41, 5.74) is 3.52. The van der Waals surface area contributed by atoms with Crippen LogP contribution < -0.4 is 20.3 Å². The second-order valence-corrected chi connectivity index (χ2v) is 26.6. The van der Waals surface area contributed by atoms with E-state index in [2.05, 4.69) is 73.3 Å². The molecule has 0 radical (unpaired) electrons. The molecular weight excluding hydrogens is 898 g/mol. The van der Waals surface area contributed by atoms with E-state index in [0.717, 1.165) is 113 Å². The number of hydrogen-bond acceptors (Lipinski definition) is 11. The van der Waals surface area contributed by atoms with Crippen molar-refractivity contribution in [1.29, 1.82) is 0 Å². The van der Waals surface area contributed by atoms with Crippen molar-refractivity contribution in [3.63, 3.8) is 0 Å². The fraction of sp³-hybridized carbons (Fsp3) is 0.574. The van der Waals surface area contributed by atoms with Crippen LogP contribution in [-0.4, -0.2) is 87.4 Å². The molecule has 368 valence electrons. The third-order valence-corrected chi connectivity index (χ3v) is 20.7. The van der Waals surface area contributed by atoms with E-state index in [1.165, 1.54) is 11.6 Å². The maximum Gasteiger partial charge on any atom is 0.344 e. The van der Waals surface area contributed by atoms with Crippen LogP contribution in [0.3, 0.4) is 0 Å². The van der Waals surface area contributed by atoms with E-state index >= 15 is 0 Å². The molecule has 9 rings (SSSR count). The molecule has 0 amide bonds. The Kier molecular flexibility index (Phi) is 15.7. The van der Waals surface area contributed by atoms with Gasteiger partial charge in [-0.15, -0.1) is 0 Å². The summed E-state index contributed by atoms with van der Waals surface area (Å²) < 4.78 is 31.0. The number of piperidine rings is 3. The van der Waals surface area contributed by atoms with Crippen LogP contribution in [0, 0.1) is 11.8 Å². The van der Waals surface area contributed by atoms with Gasteiger partial charge >= 0.3 is 11.9 Å². The van der Waals surface area contributed by atoms with Gasteiger partial charge in [0.05, 0.1) is 29.2 Å². The Labute approximate surface area is 407 Å². The Bertz CT molecular complexity index is 2470. The average molecular weight is 971 g/mol. The minimum absolute atomic E-state index is 0.00412. The number of nitrogens with zero attached hydrogens (tertiary/aromatic N) is 1. The first-order valence-corrected chi connectivity index (χ1v) is 28.3. The highest BCUT2D eigenvalue weighted by molar-refractivity contribution is 6.74. The smallest absolute Gasteiger partial charge is 0.344 e. The first-order chi connectivity index (χ1) is 32.5. The van der Waals surface area contributed by atoms with Crippen LogP contribution in [0.1, 0.15) is 120 Å². The Morgan fingerprint density at radius 3 is 2.38 bits per heavy atom. The zero-order valence-corrected chi connectivity index (χ0v) is 42.7. The topological polar surface area (TPSA) is 149 Å². The van der Waals surface area contributed by atoms with E-state index in [4.69, 9.17) is 35.0 Å². The van der Waals surface area contributed by atoms with Crippen LogP contribution in [0.5, 0.6) is 17.2 Å². The average Bonchev–Trinajstić information content (AvgIpc) is 3.32. The molecule has 4 aromatic rings. The largest absolute Gasteiger partial charge is 0.506 e. The molecule has 1 unspecified atom stereocenters. The molecule has 5 fully saturated rings. The number of nitrogens with one attached hydrogen (secondary N) is 2. The Hall–Kier alpha value is -4.40. The number of pyridine rings is 1. The van der Waals surface area contributed by atoms with Gasteiger partial charge in [0.15, 0.2) is 14.9 Å².